The molecule has 1 saturated heterocycles. The van der Waals surface area contributed by atoms with Crippen LogP contribution in [0, 0.1) is 13.8 Å². The van der Waals surface area contributed by atoms with Crippen molar-refractivity contribution in [3.63, 3.8) is 0 Å². The number of rotatable bonds is 3. The fourth-order valence-electron chi connectivity index (χ4n) is 4.50. The molecule has 0 radical (unpaired) electrons. The molecule has 5 rings (SSSR count). The number of nitrogens with zero attached hydrogens (tertiary/aromatic N) is 7. The number of imidazole rings is 1. The van der Waals surface area contributed by atoms with E-state index < -0.39 is 5.60 Å². The van der Waals surface area contributed by atoms with Crippen LogP contribution >= 0.6 is 0 Å². The third kappa shape index (κ3) is 5.02. The topological polar surface area (TPSA) is 118 Å². The van der Waals surface area contributed by atoms with Gasteiger partial charge < -0.3 is 24.3 Å². The van der Waals surface area contributed by atoms with Crippen LogP contribution in [0.1, 0.15) is 42.5 Å². The average Bonchev–Trinajstić information content (AvgIpc) is 3.23. The monoisotopic (exact) mass is 502 g/mol. The van der Waals surface area contributed by atoms with E-state index in [-0.39, 0.29) is 12.0 Å². The summed E-state index contributed by atoms with van der Waals surface area (Å²) in [6.45, 7) is 11.7. The highest BCUT2D eigenvalue weighted by Gasteiger charge is 2.27. The summed E-state index contributed by atoms with van der Waals surface area (Å²) in [4.78, 5) is 38.6. The molecule has 37 heavy (non-hydrogen) atoms. The summed E-state index contributed by atoms with van der Waals surface area (Å²) in [5, 5.41) is 12.0. The molecule has 2 amide bonds. The van der Waals surface area contributed by atoms with Crippen molar-refractivity contribution in [2.75, 3.05) is 36.4 Å². The maximum atomic E-state index is 13.3. The highest BCUT2D eigenvalue weighted by atomic mass is 16.6. The number of aromatic nitrogens is 5. The van der Waals surface area contributed by atoms with Crippen molar-refractivity contribution >= 4 is 40.1 Å². The van der Waals surface area contributed by atoms with Crippen LogP contribution in [0.25, 0.3) is 16.6 Å². The minimum atomic E-state index is -0.531. The molecule has 0 saturated carbocycles. The normalized spacial score (nSPS) is 14.3. The summed E-state index contributed by atoms with van der Waals surface area (Å²) in [6.07, 6.45) is 4.94. The molecule has 0 unspecified atom stereocenters. The Hall–Kier alpha value is -4.28. The van der Waals surface area contributed by atoms with Crippen LogP contribution in [0.2, 0.25) is 0 Å². The zero-order valence-electron chi connectivity index (χ0n) is 21.6. The first-order valence-electron chi connectivity index (χ1n) is 12.2. The highest BCUT2D eigenvalue weighted by molar-refractivity contribution is 6.13. The zero-order chi connectivity index (χ0) is 26.3. The quantitative estimate of drug-likeness (QED) is 0.452. The molecular formula is C26H30N8O3. The lowest BCUT2D eigenvalue weighted by Gasteiger charge is -2.37. The average molecular weight is 503 g/mol. The summed E-state index contributed by atoms with van der Waals surface area (Å²) in [5.41, 5.74) is 3.66. The number of benzene rings is 1. The van der Waals surface area contributed by atoms with E-state index in [0.717, 1.165) is 28.1 Å². The number of anilines is 2. The van der Waals surface area contributed by atoms with Gasteiger partial charge in [-0.25, -0.2) is 14.8 Å². The van der Waals surface area contributed by atoms with Gasteiger partial charge in [0.05, 0.1) is 29.3 Å². The Kier molecular flexibility index (Phi) is 6.14. The minimum absolute atomic E-state index is 0.303. The molecule has 1 aliphatic heterocycles. The van der Waals surface area contributed by atoms with Gasteiger partial charge in [0.2, 0.25) is 0 Å². The van der Waals surface area contributed by atoms with Crippen molar-refractivity contribution in [3.8, 4) is 0 Å². The summed E-state index contributed by atoms with van der Waals surface area (Å²) in [5.74, 6) is 0.0988. The van der Waals surface area contributed by atoms with Gasteiger partial charge in [-0.3, -0.25) is 4.79 Å². The van der Waals surface area contributed by atoms with E-state index >= 15 is 0 Å². The van der Waals surface area contributed by atoms with Gasteiger partial charge in [-0.1, -0.05) is 0 Å². The standard InChI is InChI=1S/C26H30N8O3/c1-16-14-34-15-21(29-17(2)23(34)28-16)30-24(35)19-6-7-20(18-8-9-27-31-22(18)19)32-10-12-33(13-11-32)25(36)37-26(3,4)5/h6-9,14-15H,10-13H2,1-5H3,(H,30,35). The van der Waals surface area contributed by atoms with Gasteiger partial charge in [0.15, 0.2) is 5.65 Å². The Morgan fingerprint density at radius 2 is 1.76 bits per heavy atom. The number of hydrogen-bond acceptors (Lipinski definition) is 8. The number of carbonyl (C=O) groups excluding carboxylic acids is 2. The molecule has 192 valence electrons. The predicted octanol–water partition coefficient (Wildman–Crippen LogP) is 3.60. The van der Waals surface area contributed by atoms with Crippen LogP contribution in [0.4, 0.5) is 16.3 Å². The second kappa shape index (κ2) is 9.30. The van der Waals surface area contributed by atoms with Crippen molar-refractivity contribution in [2.24, 2.45) is 0 Å². The van der Waals surface area contributed by atoms with Gasteiger partial charge in [0.1, 0.15) is 16.9 Å². The van der Waals surface area contributed by atoms with Gasteiger partial charge in [-0.15, -0.1) is 5.10 Å². The van der Waals surface area contributed by atoms with E-state index in [9.17, 15) is 9.59 Å². The lowest BCUT2D eigenvalue weighted by atomic mass is 10.1. The molecule has 0 aliphatic carbocycles. The van der Waals surface area contributed by atoms with E-state index in [1.54, 1.807) is 23.4 Å². The molecule has 1 aliphatic rings. The number of fused-ring (bicyclic) bond motifs is 2. The van der Waals surface area contributed by atoms with Gasteiger partial charge in [-0.2, -0.15) is 5.10 Å². The molecule has 0 atom stereocenters. The van der Waals surface area contributed by atoms with Crippen molar-refractivity contribution in [1.29, 1.82) is 0 Å². The molecule has 11 nitrogen and oxygen atoms in total. The number of hydrogen-bond donors (Lipinski definition) is 1. The van der Waals surface area contributed by atoms with Crippen LogP contribution in [0.15, 0.2) is 36.8 Å². The number of ether oxygens (including phenoxy) is 1. The van der Waals surface area contributed by atoms with E-state index in [4.69, 9.17) is 4.74 Å². The maximum Gasteiger partial charge on any atom is 0.410 e. The van der Waals surface area contributed by atoms with E-state index in [0.29, 0.717) is 43.1 Å². The van der Waals surface area contributed by atoms with E-state index in [1.807, 2.05) is 57.3 Å². The van der Waals surface area contributed by atoms with Crippen molar-refractivity contribution in [1.82, 2.24) is 29.5 Å². The first kappa shape index (κ1) is 24.4. The van der Waals surface area contributed by atoms with Crippen LogP contribution in [0.5, 0.6) is 0 Å². The van der Waals surface area contributed by atoms with Gasteiger partial charge in [0, 0.05) is 43.4 Å². The van der Waals surface area contributed by atoms with E-state index in [1.165, 1.54) is 0 Å². The molecule has 1 N–H and O–H groups in total. The van der Waals surface area contributed by atoms with E-state index in [2.05, 4.69) is 30.4 Å². The Bertz CT molecular complexity index is 1500. The fourth-order valence-corrected chi connectivity index (χ4v) is 4.50. The van der Waals surface area contributed by atoms with Gasteiger partial charge in [-0.05, 0) is 52.8 Å². The van der Waals surface area contributed by atoms with Crippen molar-refractivity contribution in [3.05, 3.63) is 53.7 Å². The molecule has 1 fully saturated rings. The number of nitrogens with one attached hydrogen (secondary N) is 1. The third-order valence-electron chi connectivity index (χ3n) is 6.14. The highest BCUT2D eigenvalue weighted by Crippen LogP contribution is 2.29. The molecule has 11 heteroatoms. The second-order valence-corrected chi connectivity index (χ2v) is 10.2. The molecular weight excluding hydrogens is 472 g/mol. The van der Waals surface area contributed by atoms with Crippen LogP contribution in [0.3, 0.4) is 0 Å². The largest absolute Gasteiger partial charge is 0.444 e. The summed E-state index contributed by atoms with van der Waals surface area (Å²) in [6, 6.07) is 5.54. The second-order valence-electron chi connectivity index (χ2n) is 10.2. The SMILES string of the molecule is Cc1cn2cc(NC(=O)c3ccc(N4CCN(C(=O)OC(C)(C)C)CC4)c4ccnnc34)nc(C)c2n1. The zero-order valence-corrected chi connectivity index (χ0v) is 21.6. The van der Waals surface area contributed by atoms with Crippen molar-refractivity contribution < 1.29 is 14.3 Å². The Labute approximate surface area is 214 Å². The van der Waals surface area contributed by atoms with Gasteiger partial charge in [0.25, 0.3) is 5.91 Å². The molecule has 1 aromatic carbocycles. The lowest BCUT2D eigenvalue weighted by molar-refractivity contribution is 0.0240. The first-order chi connectivity index (χ1) is 17.6. The Balaban J connectivity index is 1.37. The fraction of sp³-hybridized carbons (Fsp3) is 0.385. The molecule has 4 heterocycles. The third-order valence-corrected chi connectivity index (χ3v) is 6.14. The number of carbonyl (C=O) groups is 2. The maximum absolute atomic E-state index is 13.3. The number of amides is 2. The summed E-state index contributed by atoms with van der Waals surface area (Å²) in [7, 11) is 0. The van der Waals surface area contributed by atoms with Crippen LogP contribution in [-0.4, -0.2) is 73.2 Å². The number of aryl methyl sites for hydroxylation is 2. The minimum Gasteiger partial charge on any atom is -0.444 e. The molecule has 0 spiro atoms. The molecule has 0 bridgehead atoms. The van der Waals surface area contributed by atoms with Crippen LogP contribution in [-0.2, 0) is 4.74 Å². The predicted molar refractivity (Wildman–Crippen MR) is 140 cm³/mol. The Morgan fingerprint density at radius 3 is 2.49 bits per heavy atom. The first-order valence-corrected chi connectivity index (χ1v) is 12.2. The van der Waals surface area contributed by atoms with Crippen LogP contribution < -0.4 is 10.2 Å². The summed E-state index contributed by atoms with van der Waals surface area (Å²) < 4.78 is 7.36. The summed E-state index contributed by atoms with van der Waals surface area (Å²) >= 11 is 0. The van der Waals surface area contributed by atoms with Crippen molar-refractivity contribution in [2.45, 2.75) is 40.2 Å². The lowest BCUT2D eigenvalue weighted by Crippen LogP contribution is -2.50. The van der Waals surface area contributed by atoms with Gasteiger partial charge >= 0.3 is 6.09 Å². The smallest absolute Gasteiger partial charge is 0.410 e. The molecule has 3 aromatic heterocycles. The number of piperazine rings is 1. The Morgan fingerprint density at radius 1 is 1.00 bits per heavy atom. The molecule has 4 aromatic rings.